The Balaban J connectivity index is 1.63. The number of hydrazone groups is 1. The van der Waals surface area contributed by atoms with Crippen LogP contribution in [-0.4, -0.2) is 37.1 Å². The van der Waals surface area contributed by atoms with Gasteiger partial charge in [0.15, 0.2) is 0 Å². The van der Waals surface area contributed by atoms with Gasteiger partial charge in [0.1, 0.15) is 5.76 Å². The van der Waals surface area contributed by atoms with Crippen LogP contribution >= 0.6 is 0 Å². The first-order valence-corrected chi connectivity index (χ1v) is 10.6. The average Bonchev–Trinajstić information content (AvgIpc) is 3.31. The normalized spacial score (nSPS) is 17.3. The highest BCUT2D eigenvalue weighted by molar-refractivity contribution is 5.98. The van der Waals surface area contributed by atoms with Crippen LogP contribution in [0.2, 0.25) is 0 Å². The van der Waals surface area contributed by atoms with Gasteiger partial charge in [0.2, 0.25) is 11.8 Å². The molecule has 9 heteroatoms. The SMILES string of the molecule is CCOC(=O)CC(NC(=O)CC1CCCN(c2ccc(C=NN)cc2)C1=O)c1ccco1. The van der Waals surface area contributed by atoms with Gasteiger partial charge in [-0.25, -0.2) is 0 Å². The standard InChI is InChI=1S/C23H28N4O5/c1-2-31-22(29)14-19(20-6-4-12-32-20)26-21(28)13-17-5-3-11-27(23(17)30)18-9-7-16(8-10-18)15-25-24/h4,6-10,12,15,17,19H,2-3,5,11,13-14,24H2,1H3,(H,26,28). The minimum Gasteiger partial charge on any atom is -0.467 e. The van der Waals surface area contributed by atoms with Crippen molar-refractivity contribution in [2.45, 2.75) is 38.6 Å². The molecule has 2 unspecified atom stereocenters. The zero-order valence-electron chi connectivity index (χ0n) is 18.0. The lowest BCUT2D eigenvalue weighted by Gasteiger charge is -2.32. The summed E-state index contributed by atoms with van der Waals surface area (Å²) in [5, 5.41) is 6.31. The largest absolute Gasteiger partial charge is 0.467 e. The van der Waals surface area contributed by atoms with Crippen molar-refractivity contribution in [2.24, 2.45) is 16.9 Å². The van der Waals surface area contributed by atoms with Crippen LogP contribution in [0.3, 0.4) is 0 Å². The molecule has 1 aliphatic heterocycles. The summed E-state index contributed by atoms with van der Waals surface area (Å²) in [5.41, 5.74) is 1.60. The molecule has 0 saturated carbocycles. The van der Waals surface area contributed by atoms with Crippen LogP contribution in [0.25, 0.3) is 0 Å². The van der Waals surface area contributed by atoms with Crippen molar-refractivity contribution in [1.82, 2.24) is 5.32 Å². The number of nitrogens with zero attached hydrogens (tertiary/aromatic N) is 2. The van der Waals surface area contributed by atoms with E-state index in [0.29, 0.717) is 18.7 Å². The molecule has 0 aliphatic carbocycles. The zero-order valence-corrected chi connectivity index (χ0v) is 18.0. The lowest BCUT2D eigenvalue weighted by molar-refractivity contribution is -0.144. The van der Waals surface area contributed by atoms with Gasteiger partial charge in [0.05, 0.1) is 31.5 Å². The maximum atomic E-state index is 13.1. The number of rotatable bonds is 9. The fourth-order valence-electron chi connectivity index (χ4n) is 3.80. The van der Waals surface area contributed by atoms with Gasteiger partial charge in [0.25, 0.3) is 0 Å². The molecular formula is C23H28N4O5. The van der Waals surface area contributed by atoms with E-state index in [9.17, 15) is 14.4 Å². The number of anilines is 1. The van der Waals surface area contributed by atoms with E-state index in [2.05, 4.69) is 10.4 Å². The Bertz CT molecular complexity index is 940. The summed E-state index contributed by atoms with van der Waals surface area (Å²) in [6, 6.07) is 10.1. The number of hydrogen-bond donors (Lipinski definition) is 2. The summed E-state index contributed by atoms with van der Waals surface area (Å²) in [5.74, 6) is 4.36. The van der Waals surface area contributed by atoms with Crippen LogP contribution < -0.4 is 16.1 Å². The summed E-state index contributed by atoms with van der Waals surface area (Å²) < 4.78 is 10.4. The molecule has 1 aromatic heterocycles. The van der Waals surface area contributed by atoms with E-state index in [1.54, 1.807) is 24.0 Å². The van der Waals surface area contributed by atoms with Gasteiger partial charge in [-0.15, -0.1) is 0 Å². The van der Waals surface area contributed by atoms with Crippen molar-refractivity contribution in [2.75, 3.05) is 18.1 Å². The minimum absolute atomic E-state index is 0.0350. The van der Waals surface area contributed by atoms with Crippen molar-refractivity contribution < 1.29 is 23.5 Å². The Kier molecular flexibility index (Phi) is 8.02. The molecule has 0 radical (unpaired) electrons. The predicted molar refractivity (Wildman–Crippen MR) is 119 cm³/mol. The number of furan rings is 1. The van der Waals surface area contributed by atoms with Crippen molar-refractivity contribution in [3.05, 3.63) is 54.0 Å². The fourth-order valence-corrected chi connectivity index (χ4v) is 3.80. The number of carbonyl (C=O) groups is 3. The van der Waals surface area contributed by atoms with Crippen molar-refractivity contribution in [3.63, 3.8) is 0 Å². The Labute approximate surface area is 186 Å². The van der Waals surface area contributed by atoms with Gasteiger partial charge in [-0.05, 0) is 49.6 Å². The molecule has 2 heterocycles. The number of nitrogens with one attached hydrogen (secondary N) is 1. The smallest absolute Gasteiger partial charge is 0.308 e. The van der Waals surface area contributed by atoms with E-state index in [-0.39, 0.29) is 31.3 Å². The van der Waals surface area contributed by atoms with Crippen LogP contribution in [0.4, 0.5) is 5.69 Å². The number of esters is 1. The van der Waals surface area contributed by atoms with Gasteiger partial charge in [-0.2, -0.15) is 5.10 Å². The highest BCUT2D eigenvalue weighted by Gasteiger charge is 2.32. The number of ether oxygens (including phenoxy) is 1. The van der Waals surface area contributed by atoms with E-state index in [4.69, 9.17) is 15.0 Å². The molecule has 2 amide bonds. The molecule has 2 atom stereocenters. The topological polar surface area (TPSA) is 127 Å². The molecule has 1 fully saturated rings. The predicted octanol–water partition coefficient (Wildman–Crippen LogP) is 2.52. The van der Waals surface area contributed by atoms with Crippen molar-refractivity contribution in [3.8, 4) is 0 Å². The first-order chi connectivity index (χ1) is 15.5. The molecule has 3 rings (SSSR count). The molecule has 1 aromatic carbocycles. The van der Waals surface area contributed by atoms with E-state index in [1.807, 2.05) is 24.3 Å². The summed E-state index contributed by atoms with van der Waals surface area (Å²) in [4.78, 5) is 39.5. The van der Waals surface area contributed by atoms with Crippen LogP contribution in [0.1, 0.15) is 50.0 Å². The summed E-state index contributed by atoms with van der Waals surface area (Å²) in [7, 11) is 0. The number of piperidine rings is 1. The lowest BCUT2D eigenvalue weighted by Crippen LogP contribution is -2.43. The number of hydrogen-bond acceptors (Lipinski definition) is 7. The number of carbonyl (C=O) groups excluding carboxylic acids is 3. The maximum absolute atomic E-state index is 13.1. The summed E-state index contributed by atoms with van der Waals surface area (Å²) in [6.07, 6.45) is 4.42. The molecule has 3 N–H and O–H groups in total. The third-order valence-electron chi connectivity index (χ3n) is 5.31. The molecule has 1 aliphatic rings. The maximum Gasteiger partial charge on any atom is 0.308 e. The number of nitrogens with two attached hydrogens (primary N) is 1. The van der Waals surface area contributed by atoms with Gasteiger partial charge >= 0.3 is 5.97 Å². The second-order valence-corrected chi connectivity index (χ2v) is 7.55. The van der Waals surface area contributed by atoms with E-state index in [0.717, 1.165) is 17.7 Å². The van der Waals surface area contributed by atoms with Crippen LogP contribution in [0.15, 0.2) is 52.2 Å². The molecule has 0 spiro atoms. The monoisotopic (exact) mass is 440 g/mol. The number of amides is 2. The quantitative estimate of drug-likeness (QED) is 0.267. The molecular weight excluding hydrogens is 412 g/mol. The molecule has 32 heavy (non-hydrogen) atoms. The molecule has 170 valence electrons. The Hall–Kier alpha value is -3.62. The Morgan fingerprint density at radius 1 is 1.34 bits per heavy atom. The van der Waals surface area contributed by atoms with Gasteiger partial charge < -0.3 is 25.2 Å². The molecule has 1 saturated heterocycles. The third-order valence-corrected chi connectivity index (χ3v) is 5.31. The first-order valence-electron chi connectivity index (χ1n) is 10.6. The van der Waals surface area contributed by atoms with Crippen LogP contribution in [-0.2, 0) is 19.1 Å². The third kappa shape index (κ3) is 5.96. The Morgan fingerprint density at radius 3 is 2.78 bits per heavy atom. The van der Waals surface area contributed by atoms with E-state index in [1.165, 1.54) is 12.5 Å². The first kappa shape index (κ1) is 23.1. The molecule has 0 bridgehead atoms. The van der Waals surface area contributed by atoms with E-state index >= 15 is 0 Å². The van der Waals surface area contributed by atoms with Gasteiger partial charge in [0, 0.05) is 24.6 Å². The molecule has 2 aromatic rings. The zero-order chi connectivity index (χ0) is 22.9. The second-order valence-electron chi connectivity index (χ2n) is 7.55. The Morgan fingerprint density at radius 2 is 2.12 bits per heavy atom. The number of benzene rings is 1. The molecule has 9 nitrogen and oxygen atoms in total. The van der Waals surface area contributed by atoms with Crippen LogP contribution in [0.5, 0.6) is 0 Å². The van der Waals surface area contributed by atoms with E-state index < -0.39 is 17.9 Å². The lowest BCUT2D eigenvalue weighted by atomic mass is 9.92. The second kappa shape index (κ2) is 11.1. The average molecular weight is 441 g/mol. The van der Waals surface area contributed by atoms with Gasteiger partial charge in [-0.1, -0.05) is 12.1 Å². The highest BCUT2D eigenvalue weighted by Crippen LogP contribution is 2.27. The van der Waals surface area contributed by atoms with Crippen molar-refractivity contribution >= 4 is 29.7 Å². The summed E-state index contributed by atoms with van der Waals surface area (Å²) in [6.45, 7) is 2.57. The highest BCUT2D eigenvalue weighted by atomic mass is 16.5. The van der Waals surface area contributed by atoms with Crippen LogP contribution in [0, 0.1) is 5.92 Å². The minimum atomic E-state index is -0.650. The fraction of sp³-hybridized carbons (Fsp3) is 0.391. The summed E-state index contributed by atoms with van der Waals surface area (Å²) >= 11 is 0. The van der Waals surface area contributed by atoms with Crippen molar-refractivity contribution in [1.29, 1.82) is 0 Å². The van der Waals surface area contributed by atoms with Gasteiger partial charge in [-0.3, -0.25) is 14.4 Å².